The average Bonchev–Trinajstić information content (AvgIpc) is 2.85. The van der Waals surface area contributed by atoms with Gasteiger partial charge in [-0.3, -0.25) is 4.79 Å². The van der Waals surface area contributed by atoms with E-state index in [-0.39, 0.29) is 19.5 Å². The van der Waals surface area contributed by atoms with Gasteiger partial charge in [0.05, 0.1) is 14.2 Å². The van der Waals surface area contributed by atoms with Crippen LogP contribution in [0.4, 0.5) is 13.2 Å². The Hall–Kier alpha value is -3.68. The molecule has 0 aliphatic heterocycles. The molecule has 0 unspecified atom stereocenters. The largest absolute Gasteiger partial charge is 0.493 e. The number of halogens is 3. The summed E-state index contributed by atoms with van der Waals surface area (Å²) in [5.41, 5.74) is 2.32. The van der Waals surface area contributed by atoms with E-state index in [1.54, 1.807) is 42.5 Å². The maximum atomic E-state index is 13.2. The number of carbonyl (C=O) groups is 1. The Morgan fingerprint density at radius 2 is 1.47 bits per heavy atom. The summed E-state index contributed by atoms with van der Waals surface area (Å²) in [7, 11) is 2.91. The van der Waals surface area contributed by atoms with Gasteiger partial charge in [0, 0.05) is 13.1 Å². The Labute approximate surface area is 196 Å². The molecule has 0 radical (unpaired) electrons. The number of hydrogen-bond acceptors (Lipinski definition) is 4. The van der Waals surface area contributed by atoms with Crippen molar-refractivity contribution in [2.75, 3.05) is 20.8 Å². The predicted octanol–water partition coefficient (Wildman–Crippen LogP) is 5.42. The van der Waals surface area contributed by atoms with Gasteiger partial charge in [-0.15, -0.1) is 0 Å². The molecule has 0 atom stereocenters. The number of benzene rings is 3. The molecule has 0 saturated heterocycles. The summed E-state index contributed by atoms with van der Waals surface area (Å²) in [6.07, 6.45) is -4.71. The van der Waals surface area contributed by atoms with E-state index < -0.39 is 12.1 Å². The smallest absolute Gasteiger partial charge is 0.471 e. The number of ether oxygens (including phenoxy) is 3. The first kappa shape index (κ1) is 25.0. The van der Waals surface area contributed by atoms with Crippen molar-refractivity contribution >= 4 is 5.91 Å². The Kier molecular flexibility index (Phi) is 8.40. The van der Waals surface area contributed by atoms with E-state index in [1.807, 2.05) is 30.3 Å². The number of carbonyl (C=O) groups excluding carboxylic acids is 1. The highest BCUT2D eigenvalue weighted by Crippen LogP contribution is 2.29. The van der Waals surface area contributed by atoms with Gasteiger partial charge < -0.3 is 19.1 Å². The number of hydrogen-bond donors (Lipinski definition) is 0. The van der Waals surface area contributed by atoms with E-state index in [1.165, 1.54) is 14.2 Å². The first-order chi connectivity index (χ1) is 16.3. The summed E-state index contributed by atoms with van der Waals surface area (Å²) in [5, 5.41) is 0. The second-order valence-corrected chi connectivity index (χ2v) is 7.58. The molecule has 0 fully saturated rings. The first-order valence-electron chi connectivity index (χ1n) is 10.6. The molecule has 0 spiro atoms. The number of alkyl halides is 3. The molecule has 180 valence electrons. The number of rotatable bonds is 10. The third-order valence-corrected chi connectivity index (χ3v) is 5.19. The summed E-state index contributed by atoms with van der Waals surface area (Å²) < 4.78 is 55.8. The normalized spacial score (nSPS) is 11.1. The highest BCUT2D eigenvalue weighted by atomic mass is 19.4. The van der Waals surface area contributed by atoms with E-state index in [0.29, 0.717) is 29.4 Å². The minimum Gasteiger partial charge on any atom is -0.493 e. The molecule has 0 bridgehead atoms. The molecule has 0 heterocycles. The summed E-state index contributed by atoms with van der Waals surface area (Å²) >= 11 is 0. The quantitative estimate of drug-likeness (QED) is 0.395. The van der Waals surface area contributed by atoms with Crippen LogP contribution in [0.25, 0.3) is 0 Å². The molecule has 0 aromatic heterocycles. The van der Waals surface area contributed by atoms with Crippen LogP contribution in [0.15, 0.2) is 72.8 Å². The fourth-order valence-electron chi connectivity index (χ4n) is 3.39. The van der Waals surface area contributed by atoms with Gasteiger partial charge >= 0.3 is 12.1 Å². The van der Waals surface area contributed by atoms with Crippen LogP contribution in [0, 0.1) is 0 Å². The third kappa shape index (κ3) is 6.91. The van der Waals surface area contributed by atoms with Crippen molar-refractivity contribution in [1.82, 2.24) is 4.90 Å². The Balaban J connectivity index is 1.65. The Bertz CT molecular complexity index is 1070. The molecule has 0 saturated carbocycles. The first-order valence-corrected chi connectivity index (χ1v) is 10.6. The van der Waals surface area contributed by atoms with Gasteiger partial charge in [0.25, 0.3) is 0 Å². The third-order valence-electron chi connectivity index (χ3n) is 5.19. The lowest BCUT2D eigenvalue weighted by Gasteiger charge is -2.24. The topological polar surface area (TPSA) is 48.0 Å². The Morgan fingerprint density at radius 3 is 2.09 bits per heavy atom. The minimum absolute atomic E-state index is 0.100. The van der Waals surface area contributed by atoms with Crippen LogP contribution in [-0.4, -0.2) is 37.7 Å². The molecule has 5 nitrogen and oxygen atoms in total. The molecule has 1 amide bonds. The van der Waals surface area contributed by atoms with Gasteiger partial charge in [-0.1, -0.05) is 48.5 Å². The summed E-state index contributed by atoms with van der Waals surface area (Å²) in [4.78, 5) is 12.9. The van der Waals surface area contributed by atoms with Gasteiger partial charge in [-0.2, -0.15) is 13.2 Å². The standard InChI is InChI=1S/C26H26F3NO4/c1-32-23-13-10-21(16-24(23)33-2)17-30(25(31)26(27,28)29)15-14-19-8-11-22(12-9-19)34-18-20-6-4-3-5-7-20/h3-13,16H,14-15,17-18H2,1-2H3. The van der Waals surface area contributed by atoms with Gasteiger partial charge in [-0.05, 0) is 47.4 Å². The second kappa shape index (κ2) is 11.4. The van der Waals surface area contributed by atoms with Gasteiger partial charge in [0.2, 0.25) is 0 Å². The number of methoxy groups -OCH3 is 2. The van der Waals surface area contributed by atoms with Crippen LogP contribution in [0.5, 0.6) is 17.2 Å². The number of nitrogens with zero attached hydrogens (tertiary/aromatic N) is 1. The molecule has 0 N–H and O–H groups in total. The highest BCUT2D eigenvalue weighted by molar-refractivity contribution is 5.81. The van der Waals surface area contributed by atoms with Crippen molar-refractivity contribution in [1.29, 1.82) is 0 Å². The van der Waals surface area contributed by atoms with Crippen LogP contribution in [0.2, 0.25) is 0 Å². The zero-order valence-corrected chi connectivity index (χ0v) is 19.0. The fourth-order valence-corrected chi connectivity index (χ4v) is 3.39. The monoisotopic (exact) mass is 473 g/mol. The van der Waals surface area contributed by atoms with E-state index in [0.717, 1.165) is 16.0 Å². The molecular weight excluding hydrogens is 447 g/mol. The molecule has 0 aliphatic rings. The maximum absolute atomic E-state index is 13.2. The fraction of sp³-hybridized carbons (Fsp3) is 0.269. The van der Waals surface area contributed by atoms with Gasteiger partial charge in [0.15, 0.2) is 11.5 Å². The van der Waals surface area contributed by atoms with Crippen LogP contribution in [0.1, 0.15) is 16.7 Å². The van der Waals surface area contributed by atoms with Crippen molar-refractivity contribution in [2.24, 2.45) is 0 Å². The molecule has 8 heteroatoms. The molecule has 3 rings (SSSR count). The van der Waals surface area contributed by atoms with Crippen molar-refractivity contribution in [3.8, 4) is 17.2 Å². The SMILES string of the molecule is COc1ccc(CN(CCc2ccc(OCc3ccccc3)cc2)C(=O)C(F)(F)F)cc1OC. The molecular formula is C26H26F3NO4. The van der Waals surface area contributed by atoms with Crippen molar-refractivity contribution < 1.29 is 32.2 Å². The summed E-state index contributed by atoms with van der Waals surface area (Å²) in [6.45, 7) is 0.104. The lowest BCUT2D eigenvalue weighted by Crippen LogP contribution is -2.41. The molecule has 0 aliphatic carbocycles. The van der Waals surface area contributed by atoms with Crippen LogP contribution < -0.4 is 14.2 Å². The summed E-state index contributed by atoms with van der Waals surface area (Å²) in [6, 6.07) is 21.6. The van der Waals surface area contributed by atoms with Crippen molar-refractivity contribution in [3.05, 3.63) is 89.5 Å². The zero-order chi connectivity index (χ0) is 24.6. The van der Waals surface area contributed by atoms with E-state index in [4.69, 9.17) is 14.2 Å². The van der Waals surface area contributed by atoms with E-state index in [9.17, 15) is 18.0 Å². The van der Waals surface area contributed by atoms with Gasteiger partial charge in [-0.25, -0.2) is 0 Å². The van der Waals surface area contributed by atoms with E-state index >= 15 is 0 Å². The van der Waals surface area contributed by atoms with Crippen LogP contribution >= 0.6 is 0 Å². The maximum Gasteiger partial charge on any atom is 0.471 e. The van der Waals surface area contributed by atoms with Crippen LogP contribution in [-0.2, 0) is 24.4 Å². The molecule has 3 aromatic rings. The average molecular weight is 473 g/mol. The van der Waals surface area contributed by atoms with E-state index in [2.05, 4.69) is 0 Å². The van der Waals surface area contributed by atoms with Crippen molar-refractivity contribution in [3.63, 3.8) is 0 Å². The Morgan fingerprint density at radius 1 is 0.824 bits per heavy atom. The predicted molar refractivity (Wildman–Crippen MR) is 122 cm³/mol. The molecule has 3 aromatic carbocycles. The lowest BCUT2D eigenvalue weighted by molar-refractivity contribution is -0.186. The van der Waals surface area contributed by atoms with Crippen molar-refractivity contribution in [2.45, 2.75) is 25.7 Å². The van der Waals surface area contributed by atoms with Gasteiger partial charge in [0.1, 0.15) is 12.4 Å². The van der Waals surface area contributed by atoms with Crippen LogP contribution in [0.3, 0.4) is 0 Å². The highest BCUT2D eigenvalue weighted by Gasteiger charge is 2.42. The summed E-state index contributed by atoms with van der Waals surface area (Å²) in [5.74, 6) is -0.397. The minimum atomic E-state index is -4.97. The molecule has 34 heavy (non-hydrogen) atoms. The lowest BCUT2D eigenvalue weighted by atomic mass is 10.1. The second-order valence-electron chi connectivity index (χ2n) is 7.58. The number of amides is 1. The zero-order valence-electron chi connectivity index (χ0n) is 19.0.